The zero-order valence-corrected chi connectivity index (χ0v) is 15.0. The fourth-order valence-electron chi connectivity index (χ4n) is 3.33. The summed E-state index contributed by atoms with van der Waals surface area (Å²) in [6.45, 7) is 1.87. The lowest BCUT2D eigenvalue weighted by molar-refractivity contribution is -0.123. The first-order valence-corrected chi connectivity index (χ1v) is 8.50. The number of aromatic nitrogens is 1. The van der Waals surface area contributed by atoms with Gasteiger partial charge in [-0.2, -0.15) is 0 Å². The quantitative estimate of drug-likeness (QED) is 0.694. The van der Waals surface area contributed by atoms with Gasteiger partial charge in [0.05, 0.1) is 30.6 Å². The Hall–Kier alpha value is -3.10. The summed E-state index contributed by atoms with van der Waals surface area (Å²) < 4.78 is 24.9. The van der Waals surface area contributed by atoms with Gasteiger partial charge in [-0.05, 0) is 18.6 Å². The number of ether oxygens (including phenoxy) is 2. The minimum atomic E-state index is -1.54. The number of rotatable bonds is 6. The molecule has 1 aliphatic heterocycles. The molecular weight excluding hydrogens is 355 g/mol. The first-order valence-electron chi connectivity index (χ1n) is 8.50. The normalized spacial score (nSPS) is 21.9. The Bertz CT molecular complexity index is 905. The molecule has 1 saturated heterocycles. The summed E-state index contributed by atoms with van der Waals surface area (Å²) >= 11 is 0. The second-order valence-electron chi connectivity index (χ2n) is 6.38. The van der Waals surface area contributed by atoms with E-state index in [1.165, 1.54) is 19.4 Å². The number of pyridine rings is 1. The molecule has 0 spiro atoms. The molecule has 5 N–H and O–H groups in total. The molecule has 2 amide bonds. The van der Waals surface area contributed by atoms with Crippen molar-refractivity contribution in [3.05, 3.63) is 23.9 Å². The SMILES string of the molecule is CC[C@H]1C(COc2ncc(N)c3cc(C(N)=O)c(OC)cc23)NC(=O)C1F. The number of hydrogen-bond donors (Lipinski definition) is 3. The van der Waals surface area contributed by atoms with Gasteiger partial charge in [0.1, 0.15) is 12.4 Å². The molecule has 1 aromatic carbocycles. The maximum absolute atomic E-state index is 13.9. The number of nitrogens with zero attached hydrogens (tertiary/aromatic N) is 1. The second kappa shape index (κ2) is 7.26. The molecular formula is C18H21FN4O4. The molecule has 0 aliphatic carbocycles. The van der Waals surface area contributed by atoms with Crippen molar-refractivity contribution in [2.45, 2.75) is 25.6 Å². The third kappa shape index (κ3) is 3.32. The predicted octanol–water partition coefficient (Wildman–Crippen LogP) is 1.17. The summed E-state index contributed by atoms with van der Waals surface area (Å²) in [6.07, 6.45) is 0.356. The number of hydrogen-bond acceptors (Lipinski definition) is 6. The van der Waals surface area contributed by atoms with Gasteiger partial charge < -0.3 is 26.3 Å². The maximum Gasteiger partial charge on any atom is 0.255 e. The molecule has 2 heterocycles. The lowest BCUT2D eigenvalue weighted by Gasteiger charge is -2.19. The Morgan fingerprint density at radius 2 is 2.11 bits per heavy atom. The van der Waals surface area contributed by atoms with Gasteiger partial charge in [0.25, 0.3) is 11.8 Å². The maximum atomic E-state index is 13.9. The number of alkyl halides is 1. The largest absolute Gasteiger partial charge is 0.496 e. The van der Waals surface area contributed by atoms with E-state index in [1.54, 1.807) is 6.07 Å². The first-order chi connectivity index (χ1) is 12.9. The van der Waals surface area contributed by atoms with Crippen LogP contribution in [0.5, 0.6) is 11.6 Å². The van der Waals surface area contributed by atoms with E-state index in [4.69, 9.17) is 20.9 Å². The molecule has 0 saturated carbocycles. The molecule has 144 valence electrons. The van der Waals surface area contributed by atoms with Gasteiger partial charge in [-0.1, -0.05) is 6.92 Å². The van der Waals surface area contributed by atoms with E-state index in [-0.39, 0.29) is 23.8 Å². The molecule has 3 rings (SSSR count). The molecule has 9 heteroatoms. The van der Waals surface area contributed by atoms with Crippen LogP contribution in [0, 0.1) is 5.92 Å². The average Bonchev–Trinajstić information content (AvgIpc) is 2.93. The number of nitrogens with one attached hydrogen (secondary N) is 1. The summed E-state index contributed by atoms with van der Waals surface area (Å²) in [5.74, 6) is -1.25. The van der Waals surface area contributed by atoms with Crippen LogP contribution < -0.4 is 26.3 Å². The topological polar surface area (TPSA) is 130 Å². The van der Waals surface area contributed by atoms with E-state index in [1.807, 2.05) is 6.92 Å². The minimum Gasteiger partial charge on any atom is -0.496 e. The highest BCUT2D eigenvalue weighted by molar-refractivity contribution is 6.04. The van der Waals surface area contributed by atoms with E-state index in [0.717, 1.165) is 0 Å². The van der Waals surface area contributed by atoms with Gasteiger partial charge >= 0.3 is 0 Å². The van der Waals surface area contributed by atoms with E-state index < -0.39 is 29.9 Å². The Morgan fingerprint density at radius 3 is 2.74 bits per heavy atom. The van der Waals surface area contributed by atoms with E-state index in [9.17, 15) is 14.0 Å². The van der Waals surface area contributed by atoms with E-state index in [0.29, 0.717) is 22.9 Å². The van der Waals surface area contributed by atoms with Gasteiger partial charge in [-0.3, -0.25) is 9.59 Å². The smallest absolute Gasteiger partial charge is 0.255 e. The van der Waals surface area contributed by atoms with Crippen LogP contribution >= 0.6 is 0 Å². The molecule has 1 fully saturated rings. The fourth-order valence-corrected chi connectivity index (χ4v) is 3.33. The van der Waals surface area contributed by atoms with Crippen molar-refractivity contribution in [2.24, 2.45) is 11.7 Å². The first kappa shape index (κ1) is 18.7. The number of nitrogen functional groups attached to an aromatic ring is 1. The Morgan fingerprint density at radius 1 is 1.37 bits per heavy atom. The van der Waals surface area contributed by atoms with Crippen molar-refractivity contribution < 1.29 is 23.5 Å². The summed E-state index contributed by atoms with van der Waals surface area (Å²) in [6, 6.07) is 2.62. The number of fused-ring (bicyclic) bond motifs is 1. The summed E-state index contributed by atoms with van der Waals surface area (Å²) in [7, 11) is 1.41. The predicted molar refractivity (Wildman–Crippen MR) is 97.3 cm³/mol. The summed E-state index contributed by atoms with van der Waals surface area (Å²) in [4.78, 5) is 27.4. The standard InChI is InChI=1S/C18H21FN4O4/c1-3-8-13(23-17(25)15(8)19)7-27-18-10-5-14(26-2)11(16(21)24)4-9(10)12(20)6-22-18/h4-6,8,13,15H,3,7,20H2,1-2H3,(H2,21,24)(H,23,25)/t8-,13?,15?/m0/s1. The second-order valence-corrected chi connectivity index (χ2v) is 6.38. The van der Waals surface area contributed by atoms with Gasteiger partial charge in [0.2, 0.25) is 5.88 Å². The van der Waals surface area contributed by atoms with Crippen molar-refractivity contribution in [3.8, 4) is 11.6 Å². The van der Waals surface area contributed by atoms with Gasteiger partial charge in [-0.15, -0.1) is 0 Å². The lowest BCUT2D eigenvalue weighted by Crippen LogP contribution is -2.34. The Kier molecular flexibility index (Phi) is 5.02. The van der Waals surface area contributed by atoms with Gasteiger partial charge in [0.15, 0.2) is 6.17 Å². The molecule has 3 atom stereocenters. The fraction of sp³-hybridized carbons (Fsp3) is 0.389. The zero-order chi connectivity index (χ0) is 19.7. The summed E-state index contributed by atoms with van der Waals surface area (Å²) in [5.41, 5.74) is 11.9. The van der Waals surface area contributed by atoms with E-state index in [2.05, 4.69) is 10.3 Å². The molecule has 0 radical (unpaired) electrons. The van der Waals surface area contributed by atoms with Crippen molar-refractivity contribution in [1.29, 1.82) is 0 Å². The van der Waals surface area contributed by atoms with Crippen molar-refractivity contribution in [1.82, 2.24) is 10.3 Å². The number of benzene rings is 1. The van der Waals surface area contributed by atoms with E-state index >= 15 is 0 Å². The Labute approximate surface area is 155 Å². The summed E-state index contributed by atoms with van der Waals surface area (Å²) in [5, 5.41) is 3.65. The highest BCUT2D eigenvalue weighted by atomic mass is 19.1. The number of amides is 2. The van der Waals surface area contributed by atoms with Crippen LogP contribution in [-0.2, 0) is 4.79 Å². The number of nitrogens with two attached hydrogens (primary N) is 2. The molecule has 1 aliphatic rings. The van der Waals surface area contributed by atoms with Crippen molar-refractivity contribution in [3.63, 3.8) is 0 Å². The molecule has 0 bridgehead atoms. The van der Waals surface area contributed by atoms with Crippen LogP contribution in [0.25, 0.3) is 10.8 Å². The monoisotopic (exact) mass is 376 g/mol. The van der Waals surface area contributed by atoms with Crippen LogP contribution in [0.4, 0.5) is 10.1 Å². The highest BCUT2D eigenvalue weighted by Crippen LogP contribution is 2.34. The average molecular weight is 376 g/mol. The highest BCUT2D eigenvalue weighted by Gasteiger charge is 2.41. The third-order valence-electron chi connectivity index (χ3n) is 4.81. The van der Waals surface area contributed by atoms with Crippen molar-refractivity contribution in [2.75, 3.05) is 19.5 Å². The third-order valence-corrected chi connectivity index (χ3v) is 4.81. The number of primary amides is 1. The number of methoxy groups -OCH3 is 1. The van der Waals surface area contributed by atoms with Crippen LogP contribution in [0.2, 0.25) is 0 Å². The molecule has 2 aromatic rings. The van der Waals surface area contributed by atoms with Gasteiger partial charge in [0, 0.05) is 16.7 Å². The zero-order valence-electron chi connectivity index (χ0n) is 15.0. The minimum absolute atomic E-state index is 0.0522. The number of carbonyl (C=O) groups excluding carboxylic acids is 2. The molecule has 2 unspecified atom stereocenters. The van der Waals surface area contributed by atoms with Crippen LogP contribution in [-0.4, -0.2) is 42.7 Å². The lowest BCUT2D eigenvalue weighted by atomic mass is 9.97. The molecule has 1 aromatic heterocycles. The van der Waals surface area contributed by atoms with Gasteiger partial charge in [-0.25, -0.2) is 9.37 Å². The van der Waals surface area contributed by atoms with Crippen LogP contribution in [0.15, 0.2) is 18.3 Å². The number of halogens is 1. The molecule has 8 nitrogen and oxygen atoms in total. The van der Waals surface area contributed by atoms with Crippen LogP contribution in [0.3, 0.4) is 0 Å². The van der Waals surface area contributed by atoms with Crippen LogP contribution in [0.1, 0.15) is 23.7 Å². The Balaban J connectivity index is 1.94. The molecule has 27 heavy (non-hydrogen) atoms. The number of anilines is 1. The number of carbonyl (C=O) groups is 2. The van der Waals surface area contributed by atoms with Crippen molar-refractivity contribution >= 4 is 28.3 Å².